The maximum absolute atomic E-state index is 10.7. The SMILES string of the molecule is Cc1c([SH2+])ccc(OCCCBr)c1C.F[P-](F)(F)(F)(F)F. The number of benzene rings is 1. The van der Waals surface area contributed by atoms with E-state index in [1.165, 1.54) is 11.1 Å². The second-order valence-corrected chi connectivity index (χ2v) is 7.46. The van der Waals surface area contributed by atoms with Gasteiger partial charge >= 0.3 is 33.0 Å². The first-order chi connectivity index (χ1) is 9.11. The Kier molecular flexibility index (Phi) is 6.50. The molecule has 126 valence electrons. The zero-order chi connectivity index (χ0) is 17.0. The summed E-state index contributed by atoms with van der Waals surface area (Å²) < 4.78 is 64.9. The molecule has 0 N–H and O–H groups in total. The van der Waals surface area contributed by atoms with Gasteiger partial charge in [-0.3, -0.25) is 0 Å². The Morgan fingerprint density at radius 1 is 1.05 bits per heavy atom. The molecule has 0 heterocycles. The van der Waals surface area contributed by atoms with Crippen LogP contribution in [0.15, 0.2) is 17.0 Å². The third-order valence-electron chi connectivity index (χ3n) is 2.27. The molecule has 0 aliphatic heterocycles. The Morgan fingerprint density at radius 3 is 1.95 bits per heavy atom. The fourth-order valence-electron chi connectivity index (χ4n) is 1.19. The van der Waals surface area contributed by atoms with Crippen molar-refractivity contribution in [3.8, 4) is 5.75 Å². The monoisotopic (exact) mass is 420 g/mol. The van der Waals surface area contributed by atoms with Crippen LogP contribution in [0.2, 0.25) is 0 Å². The van der Waals surface area contributed by atoms with E-state index < -0.39 is 7.81 Å². The van der Waals surface area contributed by atoms with Gasteiger partial charge in [-0.05, 0) is 50.6 Å². The molecule has 10 heteroatoms. The average molecular weight is 421 g/mol. The van der Waals surface area contributed by atoms with E-state index in [1.54, 1.807) is 0 Å². The van der Waals surface area contributed by atoms with E-state index in [0.717, 1.165) is 29.0 Å². The molecule has 21 heavy (non-hydrogen) atoms. The zero-order valence-electron chi connectivity index (χ0n) is 11.3. The van der Waals surface area contributed by atoms with Crippen LogP contribution in [0, 0.1) is 13.8 Å². The van der Waals surface area contributed by atoms with Crippen molar-refractivity contribution in [3.05, 3.63) is 23.3 Å². The Balaban J connectivity index is 0.000000486. The summed E-state index contributed by atoms with van der Waals surface area (Å²) in [6.07, 6.45) is 1.04. The summed E-state index contributed by atoms with van der Waals surface area (Å²) in [5.74, 6) is 0.991. The third kappa shape index (κ3) is 13.3. The summed E-state index contributed by atoms with van der Waals surface area (Å²) >= 11 is 6.93. The zero-order valence-corrected chi connectivity index (χ0v) is 14.8. The molecule has 1 nitrogen and oxygen atoms in total. The standard InChI is InChI=1S/C11H15BrOS.F6P/c1-8-9(2)11(14)5-4-10(8)13-7-3-6-12;1-7(2,3,4,5)6/h4-5,14H,3,6-7H2,1-2H3;/q;-1/p+1. The van der Waals surface area contributed by atoms with Crippen LogP contribution in [0.3, 0.4) is 0 Å². The fraction of sp³-hybridized carbons (Fsp3) is 0.455. The minimum absolute atomic E-state index is 0.770. The van der Waals surface area contributed by atoms with E-state index in [4.69, 9.17) is 4.74 Å². The van der Waals surface area contributed by atoms with Crippen LogP contribution in [0.1, 0.15) is 17.5 Å². The molecule has 0 radical (unpaired) electrons. The molecule has 0 unspecified atom stereocenters. The van der Waals surface area contributed by atoms with Gasteiger partial charge in [-0.2, -0.15) is 0 Å². The predicted octanol–water partition coefficient (Wildman–Crippen LogP) is 6.22. The van der Waals surface area contributed by atoms with Crippen molar-refractivity contribution < 1.29 is 29.9 Å². The minimum atomic E-state index is -10.7. The first-order valence-corrected chi connectivity index (χ1v) is 9.33. The van der Waals surface area contributed by atoms with Crippen LogP contribution in [-0.4, -0.2) is 11.9 Å². The molecule has 0 aromatic heterocycles. The molecular weight excluding hydrogens is 405 g/mol. The maximum atomic E-state index is 9.87. The summed E-state index contributed by atoms with van der Waals surface area (Å²) in [6, 6.07) is 4.04. The van der Waals surface area contributed by atoms with E-state index in [-0.39, 0.29) is 0 Å². The Labute approximate surface area is 132 Å². The molecule has 0 saturated heterocycles. The molecule has 0 aliphatic carbocycles. The molecule has 0 atom stereocenters. The van der Waals surface area contributed by atoms with Crippen LogP contribution in [0.25, 0.3) is 0 Å². The number of rotatable bonds is 4. The van der Waals surface area contributed by atoms with Gasteiger partial charge in [0.2, 0.25) is 0 Å². The van der Waals surface area contributed by atoms with Crippen LogP contribution in [-0.2, 0) is 12.6 Å². The van der Waals surface area contributed by atoms with Crippen molar-refractivity contribution in [2.45, 2.75) is 25.2 Å². The van der Waals surface area contributed by atoms with Crippen LogP contribution < -0.4 is 4.74 Å². The summed E-state index contributed by atoms with van der Waals surface area (Å²) in [5.41, 5.74) is 2.46. The van der Waals surface area contributed by atoms with Crippen LogP contribution in [0.5, 0.6) is 5.75 Å². The van der Waals surface area contributed by atoms with Gasteiger partial charge in [0.15, 0.2) is 4.90 Å². The van der Waals surface area contributed by atoms with Gasteiger partial charge in [-0.1, -0.05) is 15.9 Å². The van der Waals surface area contributed by atoms with Crippen LogP contribution >= 0.6 is 23.7 Å². The van der Waals surface area contributed by atoms with Gasteiger partial charge in [0.05, 0.1) is 6.61 Å². The van der Waals surface area contributed by atoms with E-state index in [9.17, 15) is 25.2 Å². The van der Waals surface area contributed by atoms with Crippen molar-refractivity contribution in [3.63, 3.8) is 0 Å². The van der Waals surface area contributed by atoms with Crippen molar-refractivity contribution in [1.82, 2.24) is 0 Å². The first kappa shape index (κ1) is 20.9. The molecule has 0 spiro atoms. The van der Waals surface area contributed by atoms with Gasteiger partial charge in [0.25, 0.3) is 0 Å². The normalized spacial score (nSPS) is 14.6. The Bertz CT molecular complexity index is 479. The summed E-state index contributed by atoms with van der Waals surface area (Å²) in [6.45, 7) is 4.95. The molecule has 1 aromatic carbocycles. The molecule has 0 bridgehead atoms. The number of hydrogen-bond donors (Lipinski definition) is 0. The van der Waals surface area contributed by atoms with E-state index in [2.05, 4.69) is 42.4 Å². The topological polar surface area (TPSA) is 9.23 Å². The van der Waals surface area contributed by atoms with Crippen molar-refractivity contribution in [2.24, 2.45) is 0 Å². The van der Waals surface area contributed by atoms with Gasteiger partial charge in [-0.25, -0.2) is 0 Å². The van der Waals surface area contributed by atoms with Gasteiger partial charge in [0.1, 0.15) is 5.75 Å². The number of hydrogen-bond acceptors (Lipinski definition) is 1. The Hall–Kier alpha value is -0.140. The molecule has 0 fully saturated rings. The molecule has 0 aliphatic rings. The summed E-state index contributed by atoms with van der Waals surface area (Å²) in [5, 5.41) is 0.987. The number of ether oxygens (including phenoxy) is 1. The number of halogens is 7. The summed E-state index contributed by atoms with van der Waals surface area (Å²) in [4.78, 5) is 1.13. The second-order valence-electron chi connectivity index (χ2n) is 4.21. The van der Waals surface area contributed by atoms with Crippen molar-refractivity contribution >= 4 is 36.4 Å². The molecule has 0 amide bonds. The van der Waals surface area contributed by atoms with E-state index >= 15 is 0 Å². The first-order valence-electron chi connectivity index (χ1n) is 5.68. The quantitative estimate of drug-likeness (QED) is 0.184. The molecule has 0 saturated carbocycles. The third-order valence-corrected chi connectivity index (χ3v) is 3.38. The summed E-state index contributed by atoms with van der Waals surface area (Å²) in [7, 11) is -10.7. The van der Waals surface area contributed by atoms with Gasteiger partial charge in [-0.15, -0.1) is 0 Å². The Morgan fingerprint density at radius 2 is 1.52 bits per heavy atom. The van der Waals surface area contributed by atoms with E-state index in [0.29, 0.717) is 0 Å². The number of alkyl halides is 1. The molecule has 1 rings (SSSR count). The van der Waals surface area contributed by atoms with Crippen molar-refractivity contribution in [2.75, 3.05) is 11.9 Å². The molecular formula is C11H16BrF6OPS. The predicted molar refractivity (Wildman–Crippen MR) is 81.8 cm³/mol. The van der Waals surface area contributed by atoms with E-state index in [1.807, 2.05) is 12.1 Å². The van der Waals surface area contributed by atoms with Gasteiger partial charge in [0, 0.05) is 10.9 Å². The van der Waals surface area contributed by atoms with Gasteiger partial charge < -0.3 is 4.74 Å². The average Bonchev–Trinajstić information content (AvgIpc) is 2.25. The molecule has 1 aromatic rings. The van der Waals surface area contributed by atoms with Crippen molar-refractivity contribution in [1.29, 1.82) is 0 Å². The second kappa shape index (κ2) is 6.54. The fourth-order valence-corrected chi connectivity index (χ4v) is 1.69. The van der Waals surface area contributed by atoms with Crippen LogP contribution in [0.4, 0.5) is 25.2 Å².